The van der Waals surface area contributed by atoms with Gasteiger partial charge in [-0.15, -0.1) is 11.8 Å². The van der Waals surface area contributed by atoms with Crippen molar-refractivity contribution < 1.29 is 4.79 Å². The molecule has 18 heavy (non-hydrogen) atoms. The fourth-order valence-electron chi connectivity index (χ4n) is 1.64. The van der Waals surface area contributed by atoms with E-state index < -0.39 is 0 Å². The predicted molar refractivity (Wildman–Crippen MR) is 75.4 cm³/mol. The number of carbonyl (C=O) groups excluding carboxylic acids is 1. The Labute approximate surface area is 110 Å². The number of amides is 1. The van der Waals surface area contributed by atoms with Crippen molar-refractivity contribution in [2.24, 2.45) is 0 Å². The Morgan fingerprint density at radius 2 is 2.39 bits per heavy atom. The first kappa shape index (κ1) is 12.8. The molecule has 0 fully saturated rings. The SMILES string of the molecule is CCNC(=O)CSCc1nc2ccc(N)cc2[nH]1. The number of hydrogen-bond donors (Lipinski definition) is 3. The summed E-state index contributed by atoms with van der Waals surface area (Å²) in [5.41, 5.74) is 8.25. The first-order valence-electron chi connectivity index (χ1n) is 5.77. The number of aromatic nitrogens is 2. The van der Waals surface area contributed by atoms with E-state index in [-0.39, 0.29) is 5.91 Å². The van der Waals surface area contributed by atoms with Crippen molar-refractivity contribution in [3.05, 3.63) is 24.0 Å². The van der Waals surface area contributed by atoms with Gasteiger partial charge in [-0.05, 0) is 25.1 Å². The van der Waals surface area contributed by atoms with E-state index >= 15 is 0 Å². The summed E-state index contributed by atoms with van der Waals surface area (Å²) in [5.74, 6) is 2.06. The Balaban J connectivity index is 1.94. The monoisotopic (exact) mass is 264 g/mol. The van der Waals surface area contributed by atoms with E-state index in [9.17, 15) is 4.79 Å². The van der Waals surface area contributed by atoms with Gasteiger partial charge in [0.25, 0.3) is 0 Å². The topological polar surface area (TPSA) is 83.8 Å². The van der Waals surface area contributed by atoms with E-state index in [1.54, 1.807) is 0 Å². The molecule has 4 N–H and O–H groups in total. The molecule has 0 radical (unpaired) electrons. The van der Waals surface area contributed by atoms with Crippen LogP contribution in [0.5, 0.6) is 0 Å². The summed E-state index contributed by atoms with van der Waals surface area (Å²) in [7, 11) is 0. The first-order valence-corrected chi connectivity index (χ1v) is 6.93. The number of nitrogens with two attached hydrogens (primary N) is 1. The molecular weight excluding hydrogens is 248 g/mol. The molecule has 0 bridgehead atoms. The number of nitrogens with zero attached hydrogens (tertiary/aromatic N) is 1. The van der Waals surface area contributed by atoms with Gasteiger partial charge in [-0.25, -0.2) is 4.98 Å². The summed E-state index contributed by atoms with van der Waals surface area (Å²) in [6.07, 6.45) is 0. The third-order valence-electron chi connectivity index (χ3n) is 2.40. The number of thioether (sulfide) groups is 1. The number of imidazole rings is 1. The highest BCUT2D eigenvalue weighted by Crippen LogP contribution is 2.17. The number of hydrogen-bond acceptors (Lipinski definition) is 4. The predicted octanol–water partition coefficient (Wildman–Crippen LogP) is 1.51. The maximum Gasteiger partial charge on any atom is 0.229 e. The maximum absolute atomic E-state index is 11.3. The van der Waals surface area contributed by atoms with Crippen molar-refractivity contribution in [3.8, 4) is 0 Å². The van der Waals surface area contributed by atoms with E-state index in [4.69, 9.17) is 5.73 Å². The Hall–Kier alpha value is -1.69. The van der Waals surface area contributed by atoms with E-state index in [2.05, 4.69) is 15.3 Å². The number of anilines is 1. The fourth-order valence-corrected chi connectivity index (χ4v) is 2.36. The third-order valence-corrected chi connectivity index (χ3v) is 3.34. The fraction of sp³-hybridized carbons (Fsp3) is 0.333. The molecular formula is C12H16N4OS. The lowest BCUT2D eigenvalue weighted by Crippen LogP contribution is -2.24. The number of aromatic amines is 1. The second-order valence-corrected chi connectivity index (χ2v) is 4.89. The summed E-state index contributed by atoms with van der Waals surface area (Å²) >= 11 is 1.54. The van der Waals surface area contributed by atoms with Gasteiger partial charge in [-0.1, -0.05) is 0 Å². The average molecular weight is 264 g/mol. The number of nitrogens with one attached hydrogen (secondary N) is 2. The second kappa shape index (κ2) is 5.77. The van der Waals surface area contributed by atoms with Crippen molar-refractivity contribution in [3.63, 3.8) is 0 Å². The third kappa shape index (κ3) is 3.16. The zero-order valence-electron chi connectivity index (χ0n) is 10.2. The maximum atomic E-state index is 11.3. The number of fused-ring (bicyclic) bond motifs is 1. The molecule has 0 saturated heterocycles. The summed E-state index contributed by atoms with van der Waals surface area (Å²) in [4.78, 5) is 18.9. The highest BCUT2D eigenvalue weighted by atomic mass is 32.2. The van der Waals surface area contributed by atoms with Gasteiger partial charge < -0.3 is 16.0 Å². The molecule has 0 aliphatic rings. The highest BCUT2D eigenvalue weighted by Gasteiger charge is 2.05. The van der Waals surface area contributed by atoms with E-state index in [0.29, 0.717) is 23.7 Å². The van der Waals surface area contributed by atoms with Crippen molar-refractivity contribution in [2.45, 2.75) is 12.7 Å². The van der Waals surface area contributed by atoms with Gasteiger partial charge >= 0.3 is 0 Å². The van der Waals surface area contributed by atoms with Crippen LogP contribution in [-0.2, 0) is 10.5 Å². The molecule has 5 nitrogen and oxygen atoms in total. The Kier molecular flexibility index (Phi) is 4.09. The van der Waals surface area contributed by atoms with E-state index in [0.717, 1.165) is 16.9 Å². The molecule has 6 heteroatoms. The molecule has 0 unspecified atom stereocenters. The quantitative estimate of drug-likeness (QED) is 0.715. The molecule has 0 aliphatic heterocycles. The van der Waals surface area contributed by atoms with Crippen molar-refractivity contribution in [1.82, 2.24) is 15.3 Å². The van der Waals surface area contributed by atoms with Crippen LogP contribution in [0.3, 0.4) is 0 Å². The van der Waals surface area contributed by atoms with Crippen LogP contribution >= 0.6 is 11.8 Å². The Morgan fingerprint density at radius 1 is 1.56 bits per heavy atom. The average Bonchev–Trinajstić information content (AvgIpc) is 2.71. The van der Waals surface area contributed by atoms with Gasteiger partial charge in [0.05, 0.1) is 22.5 Å². The molecule has 0 spiro atoms. The number of H-pyrrole nitrogens is 1. The zero-order valence-corrected chi connectivity index (χ0v) is 11.0. The van der Waals surface area contributed by atoms with Crippen molar-refractivity contribution in [1.29, 1.82) is 0 Å². The molecule has 1 heterocycles. The first-order chi connectivity index (χ1) is 8.69. The summed E-state index contributed by atoms with van der Waals surface area (Å²) in [6.45, 7) is 2.58. The summed E-state index contributed by atoms with van der Waals surface area (Å²) < 4.78 is 0. The van der Waals surface area contributed by atoms with Crippen LogP contribution in [0, 0.1) is 0 Å². The molecule has 1 aromatic heterocycles. The van der Waals surface area contributed by atoms with Crippen LogP contribution in [0.2, 0.25) is 0 Å². The normalized spacial score (nSPS) is 10.7. The summed E-state index contributed by atoms with van der Waals surface area (Å²) in [5, 5.41) is 2.76. The van der Waals surface area contributed by atoms with Crippen LogP contribution in [0.1, 0.15) is 12.7 Å². The lowest BCUT2D eigenvalue weighted by Gasteiger charge is -2.00. The molecule has 0 atom stereocenters. The molecule has 1 aromatic carbocycles. The van der Waals surface area contributed by atoms with Gasteiger partial charge in [0.2, 0.25) is 5.91 Å². The Morgan fingerprint density at radius 3 is 3.17 bits per heavy atom. The lowest BCUT2D eigenvalue weighted by atomic mass is 10.3. The van der Waals surface area contributed by atoms with Crippen molar-refractivity contribution in [2.75, 3.05) is 18.0 Å². The number of carbonyl (C=O) groups is 1. The molecule has 0 saturated carbocycles. The van der Waals surface area contributed by atoms with Crippen molar-refractivity contribution >= 4 is 34.4 Å². The van der Waals surface area contributed by atoms with Gasteiger partial charge in [0.15, 0.2) is 0 Å². The van der Waals surface area contributed by atoms with Crippen LogP contribution in [-0.4, -0.2) is 28.2 Å². The lowest BCUT2D eigenvalue weighted by molar-refractivity contribution is -0.118. The molecule has 2 aromatic rings. The van der Waals surface area contributed by atoms with E-state index in [1.165, 1.54) is 11.8 Å². The van der Waals surface area contributed by atoms with Gasteiger partial charge in [-0.3, -0.25) is 4.79 Å². The minimum atomic E-state index is 0.0582. The smallest absolute Gasteiger partial charge is 0.229 e. The largest absolute Gasteiger partial charge is 0.399 e. The standard InChI is InChI=1S/C12H16N4OS/c1-2-14-12(17)7-18-6-11-15-9-4-3-8(13)5-10(9)16-11/h3-5H,2,6-7,13H2,1H3,(H,14,17)(H,15,16). The van der Waals surface area contributed by atoms with Crippen LogP contribution in [0.4, 0.5) is 5.69 Å². The number of nitrogen functional groups attached to an aromatic ring is 1. The summed E-state index contributed by atoms with van der Waals surface area (Å²) in [6, 6.07) is 5.58. The van der Waals surface area contributed by atoms with E-state index in [1.807, 2.05) is 25.1 Å². The van der Waals surface area contributed by atoms with Gasteiger partial charge in [-0.2, -0.15) is 0 Å². The zero-order chi connectivity index (χ0) is 13.0. The minimum absolute atomic E-state index is 0.0582. The highest BCUT2D eigenvalue weighted by molar-refractivity contribution is 7.99. The molecule has 1 amide bonds. The number of benzene rings is 1. The van der Waals surface area contributed by atoms with Gasteiger partial charge in [0, 0.05) is 12.2 Å². The molecule has 96 valence electrons. The van der Waals surface area contributed by atoms with Gasteiger partial charge in [0.1, 0.15) is 5.82 Å². The minimum Gasteiger partial charge on any atom is -0.399 e. The molecule has 0 aliphatic carbocycles. The number of rotatable bonds is 5. The van der Waals surface area contributed by atoms with Crippen LogP contribution < -0.4 is 11.1 Å². The Bertz CT molecular complexity index is 552. The van der Waals surface area contributed by atoms with Crippen LogP contribution in [0.25, 0.3) is 11.0 Å². The second-order valence-electron chi connectivity index (χ2n) is 3.91. The van der Waals surface area contributed by atoms with Crippen LogP contribution in [0.15, 0.2) is 18.2 Å². The molecule has 2 rings (SSSR count).